The van der Waals surface area contributed by atoms with Crippen LogP contribution in [0.3, 0.4) is 0 Å². The molecule has 1 saturated carbocycles. The predicted molar refractivity (Wildman–Crippen MR) is 108 cm³/mol. The van der Waals surface area contributed by atoms with Crippen LogP contribution in [-0.2, 0) is 20.9 Å². The van der Waals surface area contributed by atoms with Crippen molar-refractivity contribution in [1.82, 2.24) is 5.32 Å². The first-order valence-corrected chi connectivity index (χ1v) is 10.7. The van der Waals surface area contributed by atoms with Crippen LogP contribution in [0.15, 0.2) is 18.2 Å². The standard InChI is InChI=1S/C22H28ClNO5/c1-12(2)22-8-7-21(3,29-22)18(10-22)28-17-6-4-5-16(23)15(17)11-24-19(25)13-9-14(13)20(26)27/h4-6,12-14,18H,7-11H2,1-3H3,(H,24,25)(H,26,27)/t13-,14+,18-,21+,22-/m1/s1. The molecule has 1 aliphatic carbocycles. The molecule has 5 atom stereocenters. The third-order valence-electron chi connectivity index (χ3n) is 6.97. The maximum Gasteiger partial charge on any atom is 0.307 e. The first-order chi connectivity index (χ1) is 13.7. The quantitative estimate of drug-likeness (QED) is 0.699. The second-order valence-corrected chi connectivity index (χ2v) is 9.57. The van der Waals surface area contributed by atoms with Crippen molar-refractivity contribution in [3.63, 3.8) is 0 Å². The summed E-state index contributed by atoms with van der Waals surface area (Å²) in [6, 6.07) is 5.46. The molecule has 3 fully saturated rings. The van der Waals surface area contributed by atoms with Crippen molar-refractivity contribution in [2.24, 2.45) is 17.8 Å². The molecule has 2 saturated heterocycles. The number of hydrogen-bond acceptors (Lipinski definition) is 4. The summed E-state index contributed by atoms with van der Waals surface area (Å²) < 4.78 is 12.9. The highest BCUT2D eigenvalue weighted by Crippen LogP contribution is 2.55. The summed E-state index contributed by atoms with van der Waals surface area (Å²) in [6.45, 7) is 6.70. The molecule has 0 spiro atoms. The third kappa shape index (κ3) is 3.61. The fourth-order valence-electron chi connectivity index (χ4n) is 4.77. The molecule has 29 heavy (non-hydrogen) atoms. The summed E-state index contributed by atoms with van der Waals surface area (Å²) >= 11 is 6.41. The van der Waals surface area contributed by atoms with E-state index < -0.39 is 17.8 Å². The molecule has 0 aromatic heterocycles. The van der Waals surface area contributed by atoms with Crippen molar-refractivity contribution < 1.29 is 24.2 Å². The smallest absolute Gasteiger partial charge is 0.307 e. The molecule has 2 bridgehead atoms. The molecule has 6 nitrogen and oxygen atoms in total. The molecule has 2 N–H and O–H groups in total. The van der Waals surface area contributed by atoms with E-state index in [1.54, 1.807) is 6.07 Å². The Kier molecular flexibility index (Phi) is 5.06. The summed E-state index contributed by atoms with van der Waals surface area (Å²) in [5, 5.41) is 12.3. The van der Waals surface area contributed by atoms with Crippen LogP contribution in [0.25, 0.3) is 0 Å². The highest BCUT2D eigenvalue weighted by Gasteiger charge is 2.61. The molecule has 1 aromatic rings. The highest BCUT2D eigenvalue weighted by atomic mass is 35.5. The number of benzene rings is 1. The Labute approximate surface area is 175 Å². The molecular weight excluding hydrogens is 394 g/mol. The highest BCUT2D eigenvalue weighted by molar-refractivity contribution is 6.31. The minimum atomic E-state index is -0.921. The first kappa shape index (κ1) is 20.5. The number of hydrogen-bond donors (Lipinski definition) is 2. The predicted octanol–water partition coefficient (Wildman–Crippen LogP) is 3.79. The number of carbonyl (C=O) groups excluding carboxylic acids is 1. The Bertz CT molecular complexity index is 842. The van der Waals surface area contributed by atoms with Gasteiger partial charge in [0, 0.05) is 23.6 Å². The van der Waals surface area contributed by atoms with Crippen molar-refractivity contribution in [3.05, 3.63) is 28.8 Å². The Morgan fingerprint density at radius 3 is 2.72 bits per heavy atom. The lowest BCUT2D eigenvalue weighted by Crippen LogP contribution is -2.40. The first-order valence-electron chi connectivity index (χ1n) is 10.3. The largest absolute Gasteiger partial charge is 0.487 e. The van der Waals surface area contributed by atoms with E-state index >= 15 is 0 Å². The van der Waals surface area contributed by atoms with E-state index in [1.807, 2.05) is 12.1 Å². The van der Waals surface area contributed by atoms with E-state index in [0.29, 0.717) is 28.7 Å². The van der Waals surface area contributed by atoms with Gasteiger partial charge in [-0.1, -0.05) is 31.5 Å². The number of halogens is 1. The maximum absolute atomic E-state index is 12.3. The Morgan fingerprint density at radius 1 is 1.34 bits per heavy atom. The Morgan fingerprint density at radius 2 is 2.10 bits per heavy atom. The number of aliphatic carboxylic acids is 1. The summed E-state index contributed by atoms with van der Waals surface area (Å²) in [5.74, 6) is -1.15. The molecule has 0 radical (unpaired) electrons. The van der Waals surface area contributed by atoms with Gasteiger partial charge in [0.25, 0.3) is 0 Å². The van der Waals surface area contributed by atoms with Gasteiger partial charge in [-0.25, -0.2) is 0 Å². The molecular formula is C22H28ClNO5. The summed E-state index contributed by atoms with van der Waals surface area (Å²) in [4.78, 5) is 23.2. The van der Waals surface area contributed by atoms with E-state index in [-0.39, 0.29) is 29.8 Å². The number of rotatable bonds is 7. The van der Waals surface area contributed by atoms with Crippen LogP contribution in [0.5, 0.6) is 5.75 Å². The van der Waals surface area contributed by atoms with Crippen LogP contribution < -0.4 is 10.1 Å². The normalized spacial score (nSPS) is 35.0. The van der Waals surface area contributed by atoms with Crippen LogP contribution in [-0.4, -0.2) is 34.3 Å². The van der Waals surface area contributed by atoms with Crippen LogP contribution in [0, 0.1) is 17.8 Å². The van der Waals surface area contributed by atoms with Gasteiger partial charge in [0.2, 0.25) is 5.91 Å². The van der Waals surface area contributed by atoms with Crippen molar-refractivity contribution in [1.29, 1.82) is 0 Å². The Balaban J connectivity index is 1.46. The minimum absolute atomic E-state index is 0.0774. The average molecular weight is 422 g/mol. The molecule has 2 heterocycles. The molecule has 7 heteroatoms. The van der Waals surface area contributed by atoms with E-state index in [0.717, 1.165) is 19.3 Å². The van der Waals surface area contributed by atoms with Crippen LogP contribution in [0.1, 0.15) is 52.0 Å². The van der Waals surface area contributed by atoms with Crippen molar-refractivity contribution in [3.8, 4) is 5.75 Å². The van der Waals surface area contributed by atoms with Crippen LogP contribution in [0.2, 0.25) is 5.02 Å². The van der Waals surface area contributed by atoms with Gasteiger partial charge in [-0.05, 0) is 44.2 Å². The summed E-state index contributed by atoms with van der Waals surface area (Å²) in [6.07, 6.45) is 3.16. The Hall–Kier alpha value is -1.79. The van der Waals surface area contributed by atoms with Gasteiger partial charge in [-0.15, -0.1) is 0 Å². The van der Waals surface area contributed by atoms with Gasteiger partial charge in [-0.2, -0.15) is 0 Å². The lowest BCUT2D eigenvalue weighted by molar-refractivity contribution is -0.140. The molecule has 2 aliphatic heterocycles. The van der Waals surface area contributed by atoms with Gasteiger partial charge < -0.3 is 19.9 Å². The second kappa shape index (κ2) is 7.17. The maximum atomic E-state index is 12.3. The zero-order chi connectivity index (χ0) is 21.0. The molecule has 3 aliphatic rings. The lowest BCUT2D eigenvalue weighted by atomic mass is 9.75. The molecule has 4 rings (SSSR count). The third-order valence-corrected chi connectivity index (χ3v) is 7.33. The molecule has 0 unspecified atom stereocenters. The number of fused-ring (bicyclic) bond motifs is 2. The molecule has 1 amide bonds. The number of ether oxygens (including phenoxy) is 2. The van der Waals surface area contributed by atoms with Gasteiger partial charge in [0.15, 0.2) is 0 Å². The molecule has 1 aromatic carbocycles. The van der Waals surface area contributed by atoms with Gasteiger partial charge in [0.05, 0.1) is 17.4 Å². The van der Waals surface area contributed by atoms with Crippen LogP contribution >= 0.6 is 11.6 Å². The number of carboxylic acid groups (broad SMARTS) is 1. The summed E-state index contributed by atoms with van der Waals surface area (Å²) in [7, 11) is 0. The fourth-order valence-corrected chi connectivity index (χ4v) is 5.01. The van der Waals surface area contributed by atoms with Crippen molar-refractivity contribution in [2.75, 3.05) is 0 Å². The SMILES string of the molecule is CC(C)[C@]12CC[C@](C)(O1)[C@H](Oc1cccc(Cl)c1CNC(=O)[C@@H]1C[C@@H]1C(=O)O)C2. The second-order valence-electron chi connectivity index (χ2n) is 9.17. The number of carboxylic acids is 1. The monoisotopic (exact) mass is 421 g/mol. The fraction of sp³-hybridized carbons (Fsp3) is 0.636. The average Bonchev–Trinajstić information content (AvgIpc) is 3.32. The minimum Gasteiger partial charge on any atom is -0.487 e. The lowest BCUT2D eigenvalue weighted by Gasteiger charge is -2.32. The number of nitrogens with one attached hydrogen (secondary N) is 1. The summed E-state index contributed by atoms with van der Waals surface area (Å²) in [5.41, 5.74) is 0.250. The topological polar surface area (TPSA) is 84.9 Å². The number of carbonyl (C=O) groups is 2. The van der Waals surface area contributed by atoms with Crippen molar-refractivity contribution >= 4 is 23.5 Å². The van der Waals surface area contributed by atoms with Crippen molar-refractivity contribution in [2.45, 2.75) is 70.3 Å². The van der Waals surface area contributed by atoms with Gasteiger partial charge >= 0.3 is 5.97 Å². The zero-order valence-corrected chi connectivity index (χ0v) is 17.8. The van der Waals surface area contributed by atoms with E-state index in [2.05, 4.69) is 26.1 Å². The van der Waals surface area contributed by atoms with E-state index in [1.165, 1.54) is 0 Å². The van der Waals surface area contributed by atoms with Gasteiger partial charge in [-0.3, -0.25) is 9.59 Å². The van der Waals surface area contributed by atoms with Crippen LogP contribution in [0.4, 0.5) is 0 Å². The van der Waals surface area contributed by atoms with Gasteiger partial charge in [0.1, 0.15) is 17.5 Å². The zero-order valence-electron chi connectivity index (χ0n) is 17.0. The molecule has 158 valence electrons. The van der Waals surface area contributed by atoms with E-state index in [4.69, 9.17) is 26.2 Å². The van der Waals surface area contributed by atoms with E-state index in [9.17, 15) is 9.59 Å². The number of amides is 1.